The Balaban J connectivity index is 0.00000104. The molecule has 0 nitrogen and oxygen atoms in total. The Labute approximate surface area is 172 Å². The van der Waals surface area contributed by atoms with Gasteiger partial charge in [0.15, 0.2) is 0 Å². The number of fused-ring (bicyclic) bond motifs is 3. The van der Waals surface area contributed by atoms with Crippen LogP contribution in [-0.2, 0) is 24.7 Å². The molecular formula is C21H19Cl2Zr. The maximum absolute atomic E-state index is 2.35. The molecule has 1 unspecified atom stereocenters. The number of benzene rings is 2. The van der Waals surface area contributed by atoms with E-state index in [9.17, 15) is 0 Å². The third-order valence-corrected chi connectivity index (χ3v) is 6.06. The number of allylic oxidation sites excluding steroid dienone is 4. The minimum Gasteiger partial charge on any atom is -1.00 e. The molecule has 0 heterocycles. The van der Waals surface area contributed by atoms with Gasteiger partial charge in [0.25, 0.3) is 0 Å². The largest absolute Gasteiger partial charge is 1.00 e. The van der Waals surface area contributed by atoms with E-state index in [2.05, 4.69) is 68.5 Å². The zero-order valence-electron chi connectivity index (χ0n) is 13.8. The van der Waals surface area contributed by atoms with Crippen LogP contribution in [-0.4, -0.2) is 0 Å². The number of hydrogen-bond acceptors (Lipinski definition) is 0. The van der Waals surface area contributed by atoms with Crippen molar-refractivity contribution in [3.63, 3.8) is 0 Å². The molecule has 2 aliphatic rings. The number of rotatable bonds is 2. The summed E-state index contributed by atoms with van der Waals surface area (Å²) in [4.78, 5) is 0. The fraction of sp³-hybridized carbons (Fsp3) is 0.238. The van der Waals surface area contributed by atoms with Gasteiger partial charge in [-0.05, 0) is 0 Å². The van der Waals surface area contributed by atoms with E-state index < -0.39 is 0 Å². The van der Waals surface area contributed by atoms with Gasteiger partial charge in [0.05, 0.1) is 0 Å². The molecule has 3 heteroatoms. The van der Waals surface area contributed by atoms with Crippen molar-refractivity contribution in [3.8, 4) is 11.1 Å². The first-order valence-corrected chi connectivity index (χ1v) is 9.25. The van der Waals surface area contributed by atoms with Crippen LogP contribution in [0.15, 0.2) is 57.9 Å². The second-order valence-electron chi connectivity index (χ2n) is 6.57. The van der Waals surface area contributed by atoms with Crippen LogP contribution in [0.4, 0.5) is 0 Å². The van der Waals surface area contributed by atoms with Crippen molar-refractivity contribution >= 4 is 5.57 Å². The molecule has 0 fully saturated rings. The van der Waals surface area contributed by atoms with Gasteiger partial charge in [-0.15, -0.1) is 0 Å². The molecule has 2 aromatic carbocycles. The Morgan fingerprint density at radius 2 is 1.58 bits per heavy atom. The fourth-order valence-electron chi connectivity index (χ4n) is 3.99. The summed E-state index contributed by atoms with van der Waals surface area (Å²) >= 11 is 1.55. The molecule has 0 saturated carbocycles. The minimum absolute atomic E-state index is 0. The summed E-state index contributed by atoms with van der Waals surface area (Å²) in [5, 5.41) is 0. The summed E-state index contributed by atoms with van der Waals surface area (Å²) in [7, 11) is 0. The summed E-state index contributed by atoms with van der Waals surface area (Å²) < 4.78 is 1.58. The van der Waals surface area contributed by atoms with Gasteiger partial charge in [-0.1, -0.05) is 0 Å². The van der Waals surface area contributed by atoms with E-state index in [0.717, 1.165) is 6.42 Å². The van der Waals surface area contributed by atoms with Gasteiger partial charge in [0, 0.05) is 0 Å². The zero-order valence-corrected chi connectivity index (χ0v) is 17.8. The second kappa shape index (κ2) is 7.73. The molecular weight excluding hydrogens is 414 g/mol. The molecule has 0 N–H and O–H groups in total. The molecule has 2 aromatic rings. The van der Waals surface area contributed by atoms with E-state index in [1.54, 1.807) is 33.6 Å². The molecule has 0 saturated heterocycles. The summed E-state index contributed by atoms with van der Waals surface area (Å²) in [5.41, 5.74) is 8.89. The van der Waals surface area contributed by atoms with E-state index in [0.29, 0.717) is 11.8 Å². The van der Waals surface area contributed by atoms with E-state index in [1.807, 2.05) is 0 Å². The van der Waals surface area contributed by atoms with Crippen molar-refractivity contribution in [1.29, 1.82) is 0 Å². The van der Waals surface area contributed by atoms with Gasteiger partial charge in [-0.2, -0.15) is 0 Å². The molecule has 121 valence electrons. The maximum atomic E-state index is 2.35. The Kier molecular flexibility index (Phi) is 6.35. The fourth-order valence-corrected chi connectivity index (χ4v) is 4.81. The SMILES string of the molecule is CC(C)C1c2ccccc2-c2cccc(C3=[C]([Zr+2])CC=C3)c21.[Cl-].[Cl-]. The molecule has 4 rings (SSSR count). The van der Waals surface area contributed by atoms with Crippen LogP contribution >= 0.6 is 0 Å². The average Bonchev–Trinajstić information content (AvgIpc) is 3.08. The van der Waals surface area contributed by atoms with Crippen molar-refractivity contribution in [2.45, 2.75) is 26.2 Å². The summed E-state index contributed by atoms with van der Waals surface area (Å²) in [6.45, 7) is 4.70. The number of hydrogen-bond donors (Lipinski definition) is 0. The summed E-state index contributed by atoms with van der Waals surface area (Å²) in [5.74, 6) is 1.13. The Hall–Kier alpha value is -0.617. The molecule has 24 heavy (non-hydrogen) atoms. The van der Waals surface area contributed by atoms with Gasteiger partial charge in [0.2, 0.25) is 0 Å². The standard InChI is InChI=1S/C21H19.2ClH.Zr/c1-14(2)20-18-11-6-5-10-17(18)19-13-7-12-16(21(19)20)15-8-3-4-9-15;;;/h3,5-8,10-14,20H,4H2,1-2H3;2*1H;/q;;;+2/p-2. The first kappa shape index (κ1) is 19.7. The molecule has 0 bridgehead atoms. The van der Waals surface area contributed by atoms with Crippen molar-refractivity contribution in [2.24, 2.45) is 5.92 Å². The smallest absolute Gasteiger partial charge is 1.00 e. The van der Waals surface area contributed by atoms with Gasteiger partial charge < -0.3 is 24.8 Å². The van der Waals surface area contributed by atoms with Gasteiger partial charge in [0.1, 0.15) is 0 Å². The Morgan fingerprint density at radius 1 is 0.917 bits per heavy atom. The van der Waals surface area contributed by atoms with Crippen molar-refractivity contribution in [2.75, 3.05) is 0 Å². The molecule has 0 spiro atoms. The molecule has 2 aliphatic carbocycles. The normalized spacial score (nSPS) is 17.5. The van der Waals surface area contributed by atoms with Gasteiger partial charge in [-0.25, -0.2) is 0 Å². The van der Waals surface area contributed by atoms with Gasteiger partial charge in [-0.3, -0.25) is 0 Å². The van der Waals surface area contributed by atoms with Crippen LogP contribution in [0.5, 0.6) is 0 Å². The predicted octanol–water partition coefficient (Wildman–Crippen LogP) is -0.319. The topological polar surface area (TPSA) is 0 Å². The average molecular weight is 434 g/mol. The van der Waals surface area contributed by atoms with Crippen LogP contribution in [0.3, 0.4) is 0 Å². The second-order valence-corrected chi connectivity index (χ2v) is 8.06. The quantitative estimate of drug-likeness (QED) is 0.609. The van der Waals surface area contributed by atoms with Crippen LogP contribution in [0.2, 0.25) is 0 Å². The predicted molar refractivity (Wildman–Crippen MR) is 89.2 cm³/mol. The Morgan fingerprint density at radius 3 is 2.25 bits per heavy atom. The van der Waals surface area contributed by atoms with Crippen molar-refractivity contribution in [3.05, 3.63) is 74.6 Å². The molecule has 0 aliphatic heterocycles. The summed E-state index contributed by atoms with van der Waals surface area (Å²) in [6.07, 6.45) is 5.78. The van der Waals surface area contributed by atoms with Crippen LogP contribution in [0.25, 0.3) is 16.7 Å². The van der Waals surface area contributed by atoms with E-state index in [-0.39, 0.29) is 24.8 Å². The van der Waals surface area contributed by atoms with Crippen molar-refractivity contribution < 1.29 is 49.5 Å². The minimum atomic E-state index is 0. The molecule has 0 radical (unpaired) electrons. The first-order valence-electron chi connectivity index (χ1n) is 8.02. The van der Waals surface area contributed by atoms with E-state index in [4.69, 9.17) is 0 Å². The summed E-state index contributed by atoms with van der Waals surface area (Å²) in [6, 6.07) is 15.8. The molecule has 0 aromatic heterocycles. The van der Waals surface area contributed by atoms with Crippen LogP contribution in [0.1, 0.15) is 42.9 Å². The number of halogens is 2. The molecule has 1 atom stereocenters. The third-order valence-electron chi connectivity index (χ3n) is 4.89. The third kappa shape index (κ3) is 3.00. The first-order chi connectivity index (χ1) is 10.7. The maximum Gasteiger partial charge on any atom is -1.00 e. The monoisotopic (exact) mass is 431 g/mol. The van der Waals surface area contributed by atoms with E-state index in [1.165, 1.54) is 27.8 Å². The van der Waals surface area contributed by atoms with Crippen LogP contribution in [0, 0.1) is 5.92 Å². The van der Waals surface area contributed by atoms with Crippen molar-refractivity contribution in [1.82, 2.24) is 0 Å². The molecule has 0 amide bonds. The zero-order chi connectivity index (χ0) is 15.3. The Bertz CT molecular complexity index is 818. The van der Waals surface area contributed by atoms with Crippen LogP contribution < -0.4 is 24.8 Å². The van der Waals surface area contributed by atoms with Gasteiger partial charge >= 0.3 is 148 Å². The van der Waals surface area contributed by atoms with E-state index >= 15 is 0 Å².